The number of carbonyl (C=O) groups excluding carboxylic acids is 2. The molecule has 0 saturated carbocycles. The van der Waals surface area contributed by atoms with Crippen molar-refractivity contribution in [3.63, 3.8) is 0 Å². The Morgan fingerprint density at radius 1 is 1.22 bits per heavy atom. The Bertz CT molecular complexity index is 559. The summed E-state index contributed by atoms with van der Waals surface area (Å²) in [6, 6.07) is 6.43. The number of rotatable bonds is 8. The summed E-state index contributed by atoms with van der Waals surface area (Å²) in [6.45, 7) is 0. The summed E-state index contributed by atoms with van der Waals surface area (Å²) in [5, 5.41) is 3.14. The third-order valence-corrected chi connectivity index (χ3v) is 4.77. The molecule has 1 aromatic carbocycles. The number of unbranched alkanes of at least 4 members (excludes halogenated alkanes) is 3. The van der Waals surface area contributed by atoms with E-state index in [2.05, 4.69) is 38.1 Å². The molecule has 1 atom stereocenters. The molecule has 0 saturated heterocycles. The van der Waals surface area contributed by atoms with Crippen molar-refractivity contribution < 1.29 is 14.3 Å². The molecule has 0 heterocycles. The van der Waals surface area contributed by atoms with E-state index in [9.17, 15) is 9.59 Å². The van der Waals surface area contributed by atoms with Gasteiger partial charge in [0.1, 0.15) is 0 Å². The molecule has 1 amide bonds. The zero-order chi connectivity index (χ0) is 16.7. The SMILES string of the molecule is COC(=O)CCCCCCC(=O)NC1CCc2cc(Br)ccc21. The number of hydrogen-bond donors (Lipinski definition) is 1. The number of halogens is 1. The third-order valence-electron chi connectivity index (χ3n) is 4.28. The van der Waals surface area contributed by atoms with Crippen LogP contribution in [-0.4, -0.2) is 19.0 Å². The van der Waals surface area contributed by atoms with Crippen LogP contribution >= 0.6 is 15.9 Å². The summed E-state index contributed by atoms with van der Waals surface area (Å²) >= 11 is 3.49. The van der Waals surface area contributed by atoms with Crippen LogP contribution in [-0.2, 0) is 20.7 Å². The van der Waals surface area contributed by atoms with Crippen molar-refractivity contribution in [2.45, 2.75) is 57.4 Å². The molecule has 0 bridgehead atoms. The lowest BCUT2D eigenvalue weighted by molar-refractivity contribution is -0.140. The zero-order valence-electron chi connectivity index (χ0n) is 13.6. The van der Waals surface area contributed by atoms with Crippen LogP contribution in [0.3, 0.4) is 0 Å². The lowest BCUT2D eigenvalue weighted by Crippen LogP contribution is -2.26. The van der Waals surface area contributed by atoms with Crippen molar-refractivity contribution >= 4 is 27.8 Å². The molecule has 0 aliphatic heterocycles. The van der Waals surface area contributed by atoms with Crippen LogP contribution in [0.2, 0.25) is 0 Å². The van der Waals surface area contributed by atoms with Gasteiger partial charge in [0.15, 0.2) is 0 Å². The molecule has 0 spiro atoms. The van der Waals surface area contributed by atoms with Gasteiger partial charge in [0.25, 0.3) is 0 Å². The molecule has 1 unspecified atom stereocenters. The Balaban J connectivity index is 1.64. The molecule has 1 aliphatic rings. The zero-order valence-corrected chi connectivity index (χ0v) is 15.2. The van der Waals surface area contributed by atoms with Crippen LogP contribution in [0.15, 0.2) is 22.7 Å². The second-order valence-corrected chi connectivity index (χ2v) is 6.91. The number of ether oxygens (including phenoxy) is 1. The van der Waals surface area contributed by atoms with E-state index in [-0.39, 0.29) is 17.9 Å². The van der Waals surface area contributed by atoms with Crippen LogP contribution in [0, 0.1) is 0 Å². The Morgan fingerprint density at radius 3 is 2.70 bits per heavy atom. The molecular weight excluding hydrogens is 358 g/mol. The van der Waals surface area contributed by atoms with E-state index in [1.165, 1.54) is 18.2 Å². The first-order valence-electron chi connectivity index (χ1n) is 8.24. The molecule has 0 fully saturated rings. The van der Waals surface area contributed by atoms with Crippen LogP contribution in [0.5, 0.6) is 0 Å². The molecule has 1 N–H and O–H groups in total. The van der Waals surface area contributed by atoms with Gasteiger partial charge >= 0.3 is 5.97 Å². The summed E-state index contributed by atoms with van der Waals surface area (Å²) in [7, 11) is 1.41. The van der Waals surface area contributed by atoms with E-state index in [0.717, 1.165) is 43.0 Å². The van der Waals surface area contributed by atoms with Gasteiger partial charge in [0, 0.05) is 17.3 Å². The highest BCUT2D eigenvalue weighted by atomic mass is 79.9. The molecule has 1 aliphatic carbocycles. The molecule has 0 radical (unpaired) electrons. The largest absolute Gasteiger partial charge is 0.469 e. The number of benzene rings is 1. The van der Waals surface area contributed by atoms with E-state index in [4.69, 9.17) is 0 Å². The average molecular weight is 382 g/mol. The number of fused-ring (bicyclic) bond motifs is 1. The Labute approximate surface area is 146 Å². The predicted octanol–water partition coefficient (Wildman–Crippen LogP) is 4.07. The van der Waals surface area contributed by atoms with Crippen LogP contribution in [0.1, 0.15) is 62.1 Å². The normalized spacial score (nSPS) is 16.0. The number of amides is 1. The van der Waals surface area contributed by atoms with Crippen molar-refractivity contribution in [1.82, 2.24) is 5.32 Å². The number of carbonyl (C=O) groups is 2. The Morgan fingerprint density at radius 2 is 1.96 bits per heavy atom. The predicted molar refractivity (Wildman–Crippen MR) is 93.1 cm³/mol. The second-order valence-electron chi connectivity index (χ2n) is 5.99. The van der Waals surface area contributed by atoms with E-state index >= 15 is 0 Å². The number of methoxy groups -OCH3 is 1. The summed E-state index contributed by atoms with van der Waals surface area (Å²) < 4.78 is 5.69. The molecule has 2 rings (SSSR count). The number of esters is 1. The highest BCUT2D eigenvalue weighted by Gasteiger charge is 2.23. The minimum atomic E-state index is -0.158. The number of aryl methyl sites for hydroxylation is 1. The van der Waals surface area contributed by atoms with Crippen molar-refractivity contribution in [2.24, 2.45) is 0 Å². The second kappa shape index (κ2) is 9.06. The van der Waals surface area contributed by atoms with Crippen molar-refractivity contribution in [3.8, 4) is 0 Å². The van der Waals surface area contributed by atoms with Gasteiger partial charge in [0.2, 0.25) is 5.91 Å². The molecule has 4 nitrogen and oxygen atoms in total. The van der Waals surface area contributed by atoms with Crippen molar-refractivity contribution in [1.29, 1.82) is 0 Å². The first-order valence-corrected chi connectivity index (χ1v) is 9.04. The fourth-order valence-corrected chi connectivity index (χ4v) is 3.42. The first-order chi connectivity index (χ1) is 11.1. The maximum atomic E-state index is 12.1. The Kier molecular flexibility index (Phi) is 7.09. The van der Waals surface area contributed by atoms with Gasteiger partial charge in [-0.25, -0.2) is 0 Å². The lowest BCUT2D eigenvalue weighted by Gasteiger charge is -2.14. The summed E-state index contributed by atoms with van der Waals surface area (Å²) in [5.41, 5.74) is 2.58. The third kappa shape index (κ3) is 5.65. The topological polar surface area (TPSA) is 55.4 Å². The highest BCUT2D eigenvalue weighted by Crippen LogP contribution is 2.32. The highest BCUT2D eigenvalue weighted by molar-refractivity contribution is 9.10. The van der Waals surface area contributed by atoms with Crippen molar-refractivity contribution in [2.75, 3.05) is 7.11 Å². The van der Waals surface area contributed by atoms with E-state index in [1.807, 2.05) is 6.07 Å². The van der Waals surface area contributed by atoms with Gasteiger partial charge in [-0.15, -0.1) is 0 Å². The van der Waals surface area contributed by atoms with Gasteiger partial charge in [-0.3, -0.25) is 9.59 Å². The molecule has 23 heavy (non-hydrogen) atoms. The van der Waals surface area contributed by atoms with Crippen molar-refractivity contribution in [3.05, 3.63) is 33.8 Å². The maximum Gasteiger partial charge on any atom is 0.305 e. The van der Waals surface area contributed by atoms with Crippen LogP contribution < -0.4 is 5.32 Å². The lowest BCUT2D eigenvalue weighted by atomic mass is 10.1. The molecule has 1 aromatic rings. The van der Waals surface area contributed by atoms with Gasteiger partial charge in [-0.1, -0.05) is 34.8 Å². The maximum absolute atomic E-state index is 12.1. The van der Waals surface area contributed by atoms with Gasteiger partial charge in [-0.05, 0) is 48.9 Å². The van der Waals surface area contributed by atoms with E-state index in [1.54, 1.807) is 0 Å². The minimum absolute atomic E-state index is 0.124. The summed E-state index contributed by atoms with van der Waals surface area (Å²) in [6.07, 6.45) is 6.66. The molecule has 126 valence electrons. The Hall–Kier alpha value is -1.36. The van der Waals surface area contributed by atoms with E-state index < -0.39 is 0 Å². The minimum Gasteiger partial charge on any atom is -0.469 e. The average Bonchev–Trinajstić information content (AvgIpc) is 2.92. The fraction of sp³-hybridized carbons (Fsp3) is 0.556. The monoisotopic (exact) mass is 381 g/mol. The molecule has 5 heteroatoms. The molecule has 0 aromatic heterocycles. The number of hydrogen-bond acceptors (Lipinski definition) is 3. The van der Waals surface area contributed by atoms with Gasteiger partial charge in [0.05, 0.1) is 13.2 Å². The quantitative estimate of drug-likeness (QED) is 0.545. The summed E-state index contributed by atoms with van der Waals surface area (Å²) in [4.78, 5) is 23.0. The van der Waals surface area contributed by atoms with Crippen LogP contribution in [0.25, 0.3) is 0 Å². The fourth-order valence-electron chi connectivity index (χ4n) is 3.01. The van der Waals surface area contributed by atoms with Crippen LogP contribution in [0.4, 0.5) is 0 Å². The molecular formula is C18H24BrNO3. The van der Waals surface area contributed by atoms with E-state index in [0.29, 0.717) is 12.8 Å². The standard InChI is InChI=1S/C18H24BrNO3/c1-23-18(22)7-5-3-2-4-6-17(21)20-16-11-8-13-12-14(19)9-10-15(13)16/h9-10,12,16H,2-8,11H2,1H3,(H,20,21). The number of nitrogens with one attached hydrogen (secondary N) is 1. The smallest absolute Gasteiger partial charge is 0.305 e. The van der Waals surface area contributed by atoms with Gasteiger partial charge in [-0.2, -0.15) is 0 Å². The first kappa shape index (κ1) is 18.0. The van der Waals surface area contributed by atoms with Gasteiger partial charge < -0.3 is 10.1 Å². The summed E-state index contributed by atoms with van der Waals surface area (Å²) in [5.74, 6) is -0.0342.